The molecule has 138 valence electrons. The maximum atomic E-state index is 12.4. The van der Waals surface area contributed by atoms with E-state index in [2.05, 4.69) is 27.7 Å². The van der Waals surface area contributed by atoms with Crippen LogP contribution in [0, 0.1) is 17.3 Å². The van der Waals surface area contributed by atoms with Crippen molar-refractivity contribution in [1.82, 2.24) is 4.90 Å². The Kier molecular flexibility index (Phi) is 7.98. The van der Waals surface area contributed by atoms with E-state index in [-0.39, 0.29) is 29.3 Å². The number of nitrogens with zero attached hydrogens (tertiary/aromatic N) is 1. The van der Waals surface area contributed by atoms with Crippen LogP contribution >= 0.6 is 0 Å². The Bertz CT molecular complexity index is 450. The molecule has 0 N–H and O–H groups in total. The van der Waals surface area contributed by atoms with E-state index in [1.165, 1.54) is 0 Å². The maximum Gasteiger partial charge on any atom is 0.308 e. The predicted octanol–water partition coefficient (Wildman–Crippen LogP) is 4.54. The van der Waals surface area contributed by atoms with Crippen LogP contribution in [0.4, 0.5) is 0 Å². The van der Waals surface area contributed by atoms with E-state index in [1.54, 1.807) is 11.9 Å². The van der Waals surface area contributed by atoms with Gasteiger partial charge in [-0.3, -0.25) is 9.59 Å². The Morgan fingerprint density at radius 2 is 1.83 bits per heavy atom. The molecule has 2 unspecified atom stereocenters. The first kappa shape index (κ1) is 20.7. The number of hydrogen-bond donors (Lipinski definition) is 0. The van der Waals surface area contributed by atoms with E-state index in [4.69, 9.17) is 4.74 Å². The smallest absolute Gasteiger partial charge is 0.308 e. The van der Waals surface area contributed by atoms with Gasteiger partial charge in [0.1, 0.15) is 6.10 Å². The molecule has 1 amide bonds. The SMILES string of the molecule is CC1CCCC(=O)N(C)/C=C/CC[C@@H](C)C(=O)OC(C(C)(C)C)C1. The molecule has 0 aromatic carbocycles. The summed E-state index contributed by atoms with van der Waals surface area (Å²) >= 11 is 0. The van der Waals surface area contributed by atoms with Gasteiger partial charge in [-0.2, -0.15) is 0 Å². The van der Waals surface area contributed by atoms with Gasteiger partial charge in [0, 0.05) is 19.7 Å². The maximum absolute atomic E-state index is 12.4. The Morgan fingerprint density at radius 1 is 1.17 bits per heavy atom. The first-order chi connectivity index (χ1) is 11.1. The van der Waals surface area contributed by atoms with Gasteiger partial charge < -0.3 is 9.64 Å². The lowest BCUT2D eigenvalue weighted by Gasteiger charge is -2.33. The van der Waals surface area contributed by atoms with Crippen LogP contribution in [0.5, 0.6) is 0 Å². The molecule has 0 fully saturated rings. The number of carbonyl (C=O) groups excluding carboxylic acids is 2. The van der Waals surface area contributed by atoms with Crippen LogP contribution in [-0.2, 0) is 14.3 Å². The van der Waals surface area contributed by atoms with Gasteiger partial charge in [-0.25, -0.2) is 0 Å². The van der Waals surface area contributed by atoms with Gasteiger partial charge in [0.25, 0.3) is 0 Å². The van der Waals surface area contributed by atoms with E-state index in [9.17, 15) is 9.59 Å². The highest BCUT2D eigenvalue weighted by Gasteiger charge is 2.31. The largest absolute Gasteiger partial charge is 0.462 e. The number of esters is 1. The molecule has 0 bridgehead atoms. The minimum Gasteiger partial charge on any atom is -0.462 e. The van der Waals surface area contributed by atoms with Crippen molar-refractivity contribution in [1.29, 1.82) is 0 Å². The zero-order valence-electron chi connectivity index (χ0n) is 16.3. The number of hydrogen-bond acceptors (Lipinski definition) is 3. The summed E-state index contributed by atoms with van der Waals surface area (Å²) in [4.78, 5) is 26.2. The molecule has 0 saturated carbocycles. The fraction of sp³-hybridized carbons (Fsp3) is 0.800. The molecule has 0 aromatic heterocycles. The minimum atomic E-state index is -0.124. The van der Waals surface area contributed by atoms with Crippen molar-refractivity contribution in [3.63, 3.8) is 0 Å². The number of ether oxygens (including phenoxy) is 1. The molecule has 4 heteroatoms. The Hall–Kier alpha value is -1.32. The number of amides is 1. The summed E-state index contributed by atoms with van der Waals surface area (Å²) in [6.45, 7) is 10.5. The Morgan fingerprint density at radius 3 is 2.46 bits per heavy atom. The van der Waals surface area contributed by atoms with Crippen LogP contribution in [0.25, 0.3) is 0 Å². The third-order valence-electron chi connectivity index (χ3n) is 4.82. The van der Waals surface area contributed by atoms with Crippen LogP contribution in [0.2, 0.25) is 0 Å². The van der Waals surface area contributed by atoms with E-state index in [0.29, 0.717) is 12.3 Å². The highest BCUT2D eigenvalue weighted by Crippen LogP contribution is 2.30. The summed E-state index contributed by atoms with van der Waals surface area (Å²) < 4.78 is 5.88. The molecule has 1 heterocycles. The van der Waals surface area contributed by atoms with Crippen LogP contribution in [0.15, 0.2) is 12.3 Å². The number of rotatable bonds is 0. The quantitative estimate of drug-likeness (QED) is 0.610. The van der Waals surface area contributed by atoms with Crippen molar-refractivity contribution in [2.75, 3.05) is 7.05 Å². The molecule has 1 aliphatic rings. The summed E-state index contributed by atoms with van der Waals surface area (Å²) in [7, 11) is 1.80. The van der Waals surface area contributed by atoms with E-state index in [0.717, 1.165) is 32.1 Å². The summed E-state index contributed by atoms with van der Waals surface area (Å²) in [6.07, 6.45) is 8.48. The van der Waals surface area contributed by atoms with Crippen molar-refractivity contribution >= 4 is 11.9 Å². The summed E-state index contributed by atoms with van der Waals surface area (Å²) in [6, 6.07) is 0. The zero-order chi connectivity index (χ0) is 18.3. The molecule has 0 aromatic rings. The molecule has 24 heavy (non-hydrogen) atoms. The van der Waals surface area contributed by atoms with Gasteiger partial charge in [0.05, 0.1) is 5.92 Å². The highest BCUT2D eigenvalue weighted by atomic mass is 16.5. The first-order valence-electron chi connectivity index (χ1n) is 9.24. The number of allylic oxidation sites excluding steroid dienone is 1. The van der Waals surface area contributed by atoms with Crippen LogP contribution in [-0.4, -0.2) is 29.9 Å². The topological polar surface area (TPSA) is 46.6 Å². The highest BCUT2D eigenvalue weighted by molar-refractivity contribution is 5.76. The fourth-order valence-corrected chi connectivity index (χ4v) is 2.88. The Labute approximate surface area is 147 Å². The second kappa shape index (κ2) is 9.24. The van der Waals surface area contributed by atoms with Crippen LogP contribution in [0.1, 0.15) is 73.1 Å². The molecule has 0 spiro atoms. The van der Waals surface area contributed by atoms with Gasteiger partial charge in [0.15, 0.2) is 0 Å². The molecule has 4 nitrogen and oxygen atoms in total. The molecule has 0 saturated heterocycles. The third-order valence-corrected chi connectivity index (χ3v) is 4.82. The van der Waals surface area contributed by atoms with Gasteiger partial charge in [-0.1, -0.05) is 47.1 Å². The molecule has 1 aliphatic heterocycles. The first-order valence-corrected chi connectivity index (χ1v) is 9.24. The average Bonchev–Trinajstić information content (AvgIpc) is 2.48. The lowest BCUT2D eigenvalue weighted by atomic mass is 9.82. The van der Waals surface area contributed by atoms with Crippen molar-refractivity contribution in [3.05, 3.63) is 12.3 Å². The van der Waals surface area contributed by atoms with E-state index >= 15 is 0 Å². The predicted molar refractivity (Wildman–Crippen MR) is 97.3 cm³/mol. The normalized spacial score (nSPS) is 30.2. The van der Waals surface area contributed by atoms with Crippen molar-refractivity contribution in [3.8, 4) is 0 Å². The van der Waals surface area contributed by atoms with Crippen molar-refractivity contribution in [2.45, 2.75) is 79.2 Å². The standard InChI is InChI=1S/C20H35NO3/c1-15-10-9-12-18(22)21(6)13-8-7-11-16(2)19(23)24-17(14-15)20(3,4)5/h8,13,15-17H,7,9-12,14H2,1-6H3/b13-8+/t15?,16-,17?/m1/s1. The van der Waals surface area contributed by atoms with E-state index < -0.39 is 0 Å². The van der Waals surface area contributed by atoms with Crippen LogP contribution in [0.3, 0.4) is 0 Å². The average molecular weight is 338 g/mol. The van der Waals surface area contributed by atoms with Crippen LogP contribution < -0.4 is 0 Å². The van der Waals surface area contributed by atoms with Gasteiger partial charge in [0.2, 0.25) is 5.91 Å². The summed E-state index contributed by atoms with van der Waals surface area (Å²) in [5.41, 5.74) is -0.0759. The molecule has 0 radical (unpaired) electrons. The van der Waals surface area contributed by atoms with E-state index in [1.807, 2.05) is 19.2 Å². The second-order valence-electron chi connectivity index (χ2n) is 8.39. The van der Waals surface area contributed by atoms with Crippen molar-refractivity contribution in [2.24, 2.45) is 17.3 Å². The molecular weight excluding hydrogens is 302 g/mol. The molecule has 1 rings (SSSR count). The number of cyclic esters (lactones) is 1. The van der Waals surface area contributed by atoms with Gasteiger partial charge in [-0.15, -0.1) is 0 Å². The van der Waals surface area contributed by atoms with Gasteiger partial charge >= 0.3 is 5.97 Å². The molecule has 3 atom stereocenters. The fourth-order valence-electron chi connectivity index (χ4n) is 2.88. The summed E-state index contributed by atoms with van der Waals surface area (Å²) in [5, 5.41) is 0. The molecule has 0 aliphatic carbocycles. The number of carbonyl (C=O) groups is 2. The third kappa shape index (κ3) is 7.06. The molecular formula is C20H35NO3. The monoisotopic (exact) mass is 337 g/mol. The lowest BCUT2D eigenvalue weighted by Crippen LogP contribution is -2.35. The van der Waals surface area contributed by atoms with Gasteiger partial charge in [-0.05, 0) is 37.0 Å². The summed E-state index contributed by atoms with van der Waals surface area (Å²) in [5.74, 6) is 0.355. The Balaban J connectivity index is 2.86. The minimum absolute atomic E-state index is 0.0759. The lowest BCUT2D eigenvalue weighted by molar-refractivity contribution is -0.160. The zero-order valence-corrected chi connectivity index (χ0v) is 16.3. The second-order valence-corrected chi connectivity index (χ2v) is 8.39. The van der Waals surface area contributed by atoms with Crippen molar-refractivity contribution < 1.29 is 14.3 Å².